The van der Waals surface area contributed by atoms with Crippen molar-refractivity contribution >= 4 is 17.3 Å². The van der Waals surface area contributed by atoms with Crippen molar-refractivity contribution in [3.8, 4) is 0 Å². The van der Waals surface area contributed by atoms with E-state index in [4.69, 9.17) is 5.73 Å². The van der Waals surface area contributed by atoms with Gasteiger partial charge in [-0.1, -0.05) is 12.8 Å². The van der Waals surface area contributed by atoms with Gasteiger partial charge in [-0.25, -0.2) is 0 Å². The number of benzene rings is 1. The molecule has 7 heteroatoms. The number of nitro groups is 1. The van der Waals surface area contributed by atoms with Crippen molar-refractivity contribution in [1.82, 2.24) is 5.32 Å². The number of nitrogens with zero attached hydrogens (tertiary/aromatic N) is 2. The van der Waals surface area contributed by atoms with Crippen molar-refractivity contribution in [1.29, 1.82) is 0 Å². The Morgan fingerprint density at radius 3 is 2.50 bits per heavy atom. The lowest BCUT2D eigenvalue weighted by Gasteiger charge is -2.28. The van der Waals surface area contributed by atoms with Crippen LogP contribution in [-0.4, -0.2) is 36.0 Å². The van der Waals surface area contributed by atoms with Gasteiger partial charge in [0.15, 0.2) is 0 Å². The predicted molar refractivity (Wildman–Crippen MR) is 92.3 cm³/mol. The summed E-state index contributed by atoms with van der Waals surface area (Å²) in [5.41, 5.74) is 6.41. The summed E-state index contributed by atoms with van der Waals surface area (Å²) in [6, 6.07) is 4.76. The number of nitro benzene ring substituents is 1. The van der Waals surface area contributed by atoms with Gasteiger partial charge in [0.05, 0.1) is 10.5 Å². The first-order chi connectivity index (χ1) is 11.5. The highest BCUT2D eigenvalue weighted by Crippen LogP contribution is 2.33. The Kier molecular flexibility index (Phi) is 4.71. The number of carbonyl (C=O) groups is 1. The van der Waals surface area contributed by atoms with Crippen LogP contribution in [0.5, 0.6) is 0 Å². The van der Waals surface area contributed by atoms with E-state index in [0.29, 0.717) is 17.8 Å². The number of carbonyl (C=O) groups excluding carboxylic acids is 1. The van der Waals surface area contributed by atoms with Crippen LogP contribution in [-0.2, 0) is 0 Å². The molecule has 1 saturated carbocycles. The third-order valence-corrected chi connectivity index (χ3v) is 5.21. The zero-order chi connectivity index (χ0) is 17.2. The van der Waals surface area contributed by atoms with E-state index in [1.54, 1.807) is 12.1 Å². The van der Waals surface area contributed by atoms with Gasteiger partial charge in [-0.2, -0.15) is 0 Å². The molecule has 130 valence electrons. The summed E-state index contributed by atoms with van der Waals surface area (Å²) in [5.74, 6) is -0.279. The Morgan fingerprint density at radius 2 is 1.92 bits per heavy atom. The monoisotopic (exact) mass is 332 g/mol. The summed E-state index contributed by atoms with van der Waals surface area (Å²) in [6.45, 7) is 2.04. The lowest BCUT2D eigenvalue weighted by molar-refractivity contribution is -0.384. The maximum Gasteiger partial charge on any atom is 0.293 e. The van der Waals surface area contributed by atoms with Crippen molar-refractivity contribution in [2.75, 3.05) is 24.5 Å². The first-order valence-corrected chi connectivity index (χ1v) is 8.61. The molecule has 0 aromatic heterocycles. The highest BCUT2D eigenvalue weighted by atomic mass is 16.6. The van der Waals surface area contributed by atoms with Crippen LogP contribution in [0.25, 0.3) is 0 Å². The molecule has 0 unspecified atom stereocenters. The third-order valence-electron chi connectivity index (χ3n) is 5.21. The summed E-state index contributed by atoms with van der Waals surface area (Å²) >= 11 is 0. The Bertz CT molecular complexity index is 635. The van der Waals surface area contributed by atoms with Crippen molar-refractivity contribution in [3.63, 3.8) is 0 Å². The molecule has 1 saturated heterocycles. The van der Waals surface area contributed by atoms with Gasteiger partial charge in [0.25, 0.3) is 11.6 Å². The minimum absolute atomic E-state index is 0.00206. The summed E-state index contributed by atoms with van der Waals surface area (Å²) in [7, 11) is 0. The van der Waals surface area contributed by atoms with Crippen LogP contribution in [0.15, 0.2) is 18.2 Å². The zero-order valence-electron chi connectivity index (χ0n) is 13.8. The van der Waals surface area contributed by atoms with Gasteiger partial charge in [0.2, 0.25) is 0 Å². The van der Waals surface area contributed by atoms with Gasteiger partial charge in [0, 0.05) is 31.3 Å². The van der Waals surface area contributed by atoms with E-state index in [-0.39, 0.29) is 17.1 Å². The normalized spacial score (nSPS) is 19.5. The highest BCUT2D eigenvalue weighted by molar-refractivity contribution is 5.96. The van der Waals surface area contributed by atoms with Gasteiger partial charge >= 0.3 is 0 Å². The fourth-order valence-corrected chi connectivity index (χ4v) is 3.78. The van der Waals surface area contributed by atoms with E-state index in [2.05, 4.69) is 5.32 Å². The summed E-state index contributed by atoms with van der Waals surface area (Å²) in [4.78, 5) is 25.6. The standard InChI is InChI=1S/C17H24N4O3/c18-12-17(7-1-2-8-17)19-16(22)13-5-6-14(15(11-13)21(23)24)20-9-3-4-10-20/h5-6,11H,1-4,7-10,12,18H2,(H,19,22). The van der Waals surface area contributed by atoms with Crippen molar-refractivity contribution < 1.29 is 9.72 Å². The number of hydrogen-bond acceptors (Lipinski definition) is 5. The molecule has 0 atom stereocenters. The molecule has 1 aliphatic heterocycles. The van der Waals surface area contributed by atoms with Crippen molar-refractivity contribution in [3.05, 3.63) is 33.9 Å². The summed E-state index contributed by atoms with van der Waals surface area (Å²) in [5, 5.41) is 14.5. The molecule has 0 spiro atoms. The highest BCUT2D eigenvalue weighted by Gasteiger charge is 2.34. The van der Waals surface area contributed by atoms with Gasteiger partial charge in [-0.3, -0.25) is 14.9 Å². The van der Waals surface area contributed by atoms with E-state index in [9.17, 15) is 14.9 Å². The smallest absolute Gasteiger partial charge is 0.293 e. The van der Waals surface area contributed by atoms with Crippen molar-refractivity contribution in [2.24, 2.45) is 5.73 Å². The number of nitrogens with two attached hydrogens (primary N) is 1. The zero-order valence-corrected chi connectivity index (χ0v) is 13.8. The molecular weight excluding hydrogens is 308 g/mol. The second-order valence-corrected chi connectivity index (χ2v) is 6.80. The summed E-state index contributed by atoms with van der Waals surface area (Å²) in [6.07, 6.45) is 5.90. The molecule has 1 aromatic carbocycles. The molecule has 2 fully saturated rings. The van der Waals surface area contributed by atoms with E-state index >= 15 is 0 Å². The molecule has 1 heterocycles. The number of hydrogen-bond donors (Lipinski definition) is 2. The van der Waals surface area contributed by atoms with E-state index < -0.39 is 4.92 Å². The second kappa shape index (κ2) is 6.76. The summed E-state index contributed by atoms with van der Waals surface area (Å²) < 4.78 is 0. The molecular formula is C17H24N4O3. The van der Waals surface area contributed by atoms with Gasteiger partial charge in [-0.15, -0.1) is 0 Å². The average Bonchev–Trinajstić information content (AvgIpc) is 3.26. The molecule has 2 aliphatic rings. The lowest BCUT2D eigenvalue weighted by Crippen LogP contribution is -2.51. The minimum atomic E-state index is -0.404. The van der Waals surface area contributed by atoms with Crippen LogP contribution >= 0.6 is 0 Å². The van der Waals surface area contributed by atoms with Crippen LogP contribution in [0.2, 0.25) is 0 Å². The number of rotatable bonds is 5. The average molecular weight is 332 g/mol. The second-order valence-electron chi connectivity index (χ2n) is 6.80. The molecule has 1 amide bonds. The fourth-order valence-electron chi connectivity index (χ4n) is 3.78. The largest absolute Gasteiger partial charge is 0.366 e. The first-order valence-electron chi connectivity index (χ1n) is 8.61. The van der Waals surface area contributed by atoms with Gasteiger partial charge in [-0.05, 0) is 37.8 Å². The molecule has 0 radical (unpaired) electrons. The minimum Gasteiger partial charge on any atom is -0.366 e. The maximum absolute atomic E-state index is 12.6. The molecule has 3 N–H and O–H groups in total. The number of nitrogens with one attached hydrogen (secondary N) is 1. The molecule has 1 aliphatic carbocycles. The van der Waals surface area contributed by atoms with E-state index in [1.165, 1.54) is 6.07 Å². The quantitative estimate of drug-likeness (QED) is 0.636. The number of amides is 1. The Hall–Kier alpha value is -2.15. The van der Waals surface area contributed by atoms with Crippen LogP contribution in [0.4, 0.5) is 11.4 Å². The van der Waals surface area contributed by atoms with E-state index in [0.717, 1.165) is 51.6 Å². The first kappa shape index (κ1) is 16.7. The number of anilines is 1. The molecule has 24 heavy (non-hydrogen) atoms. The van der Waals surface area contributed by atoms with Crippen LogP contribution in [0.3, 0.4) is 0 Å². The molecule has 1 aromatic rings. The Morgan fingerprint density at radius 1 is 1.25 bits per heavy atom. The van der Waals surface area contributed by atoms with E-state index in [1.807, 2.05) is 4.90 Å². The topological polar surface area (TPSA) is 102 Å². The maximum atomic E-state index is 12.6. The third kappa shape index (κ3) is 3.21. The Labute approximate surface area is 141 Å². The van der Waals surface area contributed by atoms with Gasteiger partial charge < -0.3 is 16.0 Å². The molecule has 7 nitrogen and oxygen atoms in total. The predicted octanol–water partition coefficient (Wildman–Crippen LogP) is 2.20. The van der Waals surface area contributed by atoms with Crippen molar-refractivity contribution in [2.45, 2.75) is 44.1 Å². The van der Waals surface area contributed by atoms with Crippen LogP contribution in [0.1, 0.15) is 48.9 Å². The Balaban J connectivity index is 1.84. The van der Waals surface area contributed by atoms with Crippen LogP contribution < -0.4 is 16.0 Å². The van der Waals surface area contributed by atoms with Crippen LogP contribution in [0, 0.1) is 10.1 Å². The molecule has 3 rings (SSSR count). The molecule has 0 bridgehead atoms. The fraction of sp³-hybridized carbons (Fsp3) is 0.588. The SMILES string of the molecule is NCC1(NC(=O)c2ccc(N3CCCC3)c([N+](=O)[O-])c2)CCCC1. The van der Waals surface area contributed by atoms with Gasteiger partial charge in [0.1, 0.15) is 5.69 Å². The lowest BCUT2D eigenvalue weighted by atomic mass is 9.97.